The molecule has 4 nitrogen and oxygen atoms in total. The topological polar surface area (TPSA) is 38.9 Å². The van der Waals surface area contributed by atoms with E-state index in [0.717, 1.165) is 43.8 Å². The molecule has 0 amide bonds. The number of fused-ring (bicyclic) bond motifs is 1. The summed E-state index contributed by atoms with van der Waals surface area (Å²) in [6, 6.07) is 19.5. The predicted molar refractivity (Wildman–Crippen MR) is 130 cm³/mol. The summed E-state index contributed by atoms with van der Waals surface area (Å²) in [6.45, 7) is 4.39. The van der Waals surface area contributed by atoms with Crippen molar-refractivity contribution in [3.8, 4) is 0 Å². The molecular weight excluding hydrogens is 449 g/mol. The minimum atomic E-state index is 0.338. The Morgan fingerprint density at radius 2 is 1.84 bits per heavy atom. The summed E-state index contributed by atoms with van der Waals surface area (Å²) in [4.78, 5) is 11.6. The van der Waals surface area contributed by atoms with Gasteiger partial charge in [0.15, 0.2) is 0 Å². The van der Waals surface area contributed by atoms with Crippen LogP contribution in [0.2, 0.25) is 10.0 Å². The molecule has 0 N–H and O–H groups in total. The zero-order chi connectivity index (χ0) is 21.8. The number of thioether (sulfide) groups is 1. The van der Waals surface area contributed by atoms with E-state index in [1.54, 1.807) is 11.8 Å². The Morgan fingerprint density at radius 1 is 1.03 bits per heavy atom. The van der Waals surface area contributed by atoms with Crippen LogP contribution in [0.3, 0.4) is 0 Å². The SMILES string of the molecule is Cc1ccn2c(C(CSc3ccc(Cl)cc3)=NOCc3cccc(Cl)c3)c(C)nc2c1. The van der Waals surface area contributed by atoms with Crippen molar-refractivity contribution in [2.24, 2.45) is 5.16 Å². The highest BCUT2D eigenvalue weighted by Crippen LogP contribution is 2.24. The van der Waals surface area contributed by atoms with E-state index in [1.807, 2.05) is 61.7 Å². The van der Waals surface area contributed by atoms with Gasteiger partial charge in [0, 0.05) is 26.9 Å². The molecular formula is C24H21Cl2N3OS. The minimum Gasteiger partial charge on any atom is -0.391 e. The highest BCUT2D eigenvalue weighted by Gasteiger charge is 2.16. The normalized spacial score (nSPS) is 11.8. The lowest BCUT2D eigenvalue weighted by Gasteiger charge is -2.09. The summed E-state index contributed by atoms with van der Waals surface area (Å²) >= 11 is 13.8. The van der Waals surface area contributed by atoms with Crippen molar-refractivity contribution < 1.29 is 4.84 Å². The highest BCUT2D eigenvalue weighted by molar-refractivity contribution is 8.00. The number of aryl methyl sites for hydroxylation is 2. The maximum atomic E-state index is 6.08. The van der Waals surface area contributed by atoms with Crippen LogP contribution in [0.1, 0.15) is 22.5 Å². The average molecular weight is 470 g/mol. The average Bonchev–Trinajstić information content (AvgIpc) is 3.06. The second-order valence-electron chi connectivity index (χ2n) is 7.16. The van der Waals surface area contributed by atoms with Gasteiger partial charge in [0.2, 0.25) is 0 Å². The molecule has 0 spiro atoms. The van der Waals surface area contributed by atoms with Gasteiger partial charge in [-0.1, -0.05) is 40.5 Å². The molecule has 4 rings (SSSR count). The Balaban J connectivity index is 1.63. The van der Waals surface area contributed by atoms with Gasteiger partial charge in [0.25, 0.3) is 0 Å². The maximum Gasteiger partial charge on any atom is 0.142 e. The van der Waals surface area contributed by atoms with Gasteiger partial charge in [-0.3, -0.25) is 4.40 Å². The third-order valence-electron chi connectivity index (χ3n) is 4.71. The zero-order valence-electron chi connectivity index (χ0n) is 17.2. The molecule has 2 heterocycles. The van der Waals surface area contributed by atoms with E-state index in [2.05, 4.69) is 28.6 Å². The first-order valence-corrected chi connectivity index (χ1v) is 11.5. The number of benzene rings is 2. The molecule has 0 unspecified atom stereocenters. The zero-order valence-corrected chi connectivity index (χ0v) is 19.5. The van der Waals surface area contributed by atoms with Crippen molar-refractivity contribution in [2.45, 2.75) is 25.3 Å². The number of oxime groups is 1. The first-order chi connectivity index (χ1) is 15.0. The van der Waals surface area contributed by atoms with Gasteiger partial charge in [-0.25, -0.2) is 4.98 Å². The number of hydrogen-bond donors (Lipinski definition) is 0. The van der Waals surface area contributed by atoms with E-state index in [-0.39, 0.29) is 0 Å². The Bertz CT molecular complexity index is 1240. The van der Waals surface area contributed by atoms with Gasteiger partial charge in [-0.05, 0) is 73.5 Å². The molecule has 0 aliphatic heterocycles. The number of nitrogens with zero attached hydrogens (tertiary/aromatic N) is 3. The van der Waals surface area contributed by atoms with Crippen molar-refractivity contribution in [1.29, 1.82) is 0 Å². The van der Waals surface area contributed by atoms with Crippen LogP contribution >= 0.6 is 35.0 Å². The van der Waals surface area contributed by atoms with Crippen molar-refractivity contribution >= 4 is 46.3 Å². The van der Waals surface area contributed by atoms with Gasteiger partial charge in [0.1, 0.15) is 18.0 Å². The summed E-state index contributed by atoms with van der Waals surface area (Å²) in [5.41, 5.74) is 5.69. The molecule has 158 valence electrons. The van der Waals surface area contributed by atoms with Crippen LogP contribution in [-0.2, 0) is 11.4 Å². The van der Waals surface area contributed by atoms with Gasteiger partial charge in [-0.2, -0.15) is 0 Å². The standard InChI is InChI=1S/C24H21Cl2N3OS/c1-16-10-11-29-23(12-16)27-17(2)24(29)22(15-31-21-8-6-19(25)7-9-21)28-30-14-18-4-3-5-20(26)13-18/h3-13H,14-15H2,1-2H3. The molecule has 4 aromatic rings. The fraction of sp³-hybridized carbons (Fsp3) is 0.167. The largest absolute Gasteiger partial charge is 0.391 e. The summed E-state index contributed by atoms with van der Waals surface area (Å²) in [6.07, 6.45) is 2.03. The molecule has 2 aromatic carbocycles. The van der Waals surface area contributed by atoms with E-state index in [1.165, 1.54) is 0 Å². The molecule has 31 heavy (non-hydrogen) atoms. The van der Waals surface area contributed by atoms with Crippen LogP contribution in [0.25, 0.3) is 5.65 Å². The maximum absolute atomic E-state index is 6.08. The smallest absolute Gasteiger partial charge is 0.142 e. The highest BCUT2D eigenvalue weighted by atomic mass is 35.5. The molecule has 7 heteroatoms. The molecule has 0 radical (unpaired) electrons. The monoisotopic (exact) mass is 469 g/mol. The Labute approximate surface area is 195 Å². The summed E-state index contributed by atoms with van der Waals surface area (Å²) in [5, 5.41) is 5.92. The fourth-order valence-corrected chi connectivity index (χ4v) is 4.40. The Kier molecular flexibility index (Phi) is 6.86. The van der Waals surface area contributed by atoms with E-state index in [9.17, 15) is 0 Å². The van der Waals surface area contributed by atoms with Crippen molar-refractivity contribution in [2.75, 3.05) is 5.75 Å². The fourth-order valence-electron chi connectivity index (χ4n) is 3.24. The number of hydrogen-bond acceptors (Lipinski definition) is 4. The molecule has 0 atom stereocenters. The summed E-state index contributed by atoms with van der Waals surface area (Å²) < 4.78 is 2.06. The van der Waals surface area contributed by atoms with Gasteiger partial charge >= 0.3 is 0 Å². The van der Waals surface area contributed by atoms with Crippen LogP contribution in [0.5, 0.6) is 0 Å². The van der Waals surface area contributed by atoms with Crippen LogP contribution in [0.15, 0.2) is 76.9 Å². The lowest BCUT2D eigenvalue weighted by atomic mass is 10.2. The van der Waals surface area contributed by atoms with Crippen LogP contribution < -0.4 is 0 Å². The van der Waals surface area contributed by atoms with Crippen LogP contribution in [-0.4, -0.2) is 20.8 Å². The van der Waals surface area contributed by atoms with Gasteiger partial charge in [0.05, 0.1) is 11.4 Å². The lowest BCUT2D eigenvalue weighted by molar-refractivity contribution is 0.130. The number of aromatic nitrogens is 2. The third-order valence-corrected chi connectivity index (χ3v) is 6.22. The Hall–Kier alpha value is -2.47. The molecule has 0 saturated heterocycles. The molecule has 2 aromatic heterocycles. The van der Waals surface area contributed by atoms with Crippen LogP contribution in [0.4, 0.5) is 0 Å². The van der Waals surface area contributed by atoms with Crippen molar-refractivity contribution in [1.82, 2.24) is 9.38 Å². The molecule has 0 aliphatic rings. The molecule has 0 saturated carbocycles. The van der Waals surface area contributed by atoms with Gasteiger partial charge in [-0.15, -0.1) is 11.8 Å². The molecule has 0 fully saturated rings. The number of pyridine rings is 1. The third kappa shape index (κ3) is 5.42. The summed E-state index contributed by atoms with van der Waals surface area (Å²) in [5.74, 6) is 0.625. The van der Waals surface area contributed by atoms with Gasteiger partial charge < -0.3 is 4.84 Å². The van der Waals surface area contributed by atoms with E-state index in [4.69, 9.17) is 33.0 Å². The predicted octanol–water partition coefficient (Wildman–Crippen LogP) is 6.97. The van der Waals surface area contributed by atoms with Crippen molar-refractivity contribution in [3.05, 3.63) is 99.4 Å². The van der Waals surface area contributed by atoms with Crippen LogP contribution in [0, 0.1) is 13.8 Å². The van der Waals surface area contributed by atoms with E-state index < -0.39 is 0 Å². The Morgan fingerprint density at radius 3 is 2.61 bits per heavy atom. The first kappa shape index (κ1) is 21.8. The second kappa shape index (κ2) is 9.77. The summed E-state index contributed by atoms with van der Waals surface area (Å²) in [7, 11) is 0. The number of imidazole rings is 1. The molecule has 0 aliphatic carbocycles. The lowest BCUT2D eigenvalue weighted by Crippen LogP contribution is -2.11. The van der Waals surface area contributed by atoms with E-state index >= 15 is 0 Å². The first-order valence-electron chi connectivity index (χ1n) is 9.77. The second-order valence-corrected chi connectivity index (χ2v) is 9.08. The van der Waals surface area contributed by atoms with Crippen molar-refractivity contribution in [3.63, 3.8) is 0 Å². The van der Waals surface area contributed by atoms with E-state index in [0.29, 0.717) is 17.4 Å². The number of rotatable bonds is 7. The molecule has 0 bridgehead atoms. The quantitative estimate of drug-likeness (QED) is 0.166. The number of halogens is 2. The minimum absolute atomic E-state index is 0.338.